The average Bonchev–Trinajstić information content (AvgIpc) is 3.16. The molecule has 0 saturated heterocycles. The predicted octanol–water partition coefficient (Wildman–Crippen LogP) is 5.73. The van der Waals surface area contributed by atoms with E-state index in [1.54, 1.807) is 0 Å². The number of hydrogen-bond donors (Lipinski definition) is 1. The van der Waals surface area contributed by atoms with Crippen molar-refractivity contribution in [3.05, 3.63) is 57.0 Å². The second kappa shape index (κ2) is 9.11. The molecular formula is C22H24BrClFN3O. The van der Waals surface area contributed by atoms with Crippen molar-refractivity contribution in [1.82, 2.24) is 10.3 Å². The third kappa shape index (κ3) is 4.49. The molecule has 1 atom stereocenters. The second-order valence-electron chi connectivity index (χ2n) is 7.91. The standard InChI is InChI=1S/C22H24BrClFN3O/c23-17-10-20(27-13-19(17)25)22(29)28-15(9-8-14-4-1-2-5-14)11-26-12-16-18(24)6-3-7-21(16)28/h3,6-7,10,13-15,26H,1-2,4-5,8-9,11-12H2. The molecule has 2 heterocycles. The third-order valence-corrected chi connectivity index (χ3v) is 6.99. The maximum atomic E-state index is 13.7. The van der Waals surface area contributed by atoms with Gasteiger partial charge in [-0.05, 0) is 52.9 Å². The quantitative estimate of drug-likeness (QED) is 0.608. The molecule has 0 radical (unpaired) electrons. The minimum atomic E-state index is -0.486. The van der Waals surface area contributed by atoms with E-state index in [4.69, 9.17) is 11.6 Å². The molecule has 1 unspecified atom stereocenters. The van der Waals surface area contributed by atoms with Crippen LogP contribution >= 0.6 is 27.5 Å². The van der Waals surface area contributed by atoms with Crippen LogP contribution in [0.1, 0.15) is 54.6 Å². The summed E-state index contributed by atoms with van der Waals surface area (Å²) in [5, 5.41) is 4.10. The number of halogens is 3. The Morgan fingerprint density at radius 1 is 1.31 bits per heavy atom. The molecule has 1 fully saturated rings. The van der Waals surface area contributed by atoms with Gasteiger partial charge in [0.05, 0.1) is 16.4 Å². The number of amides is 1. The van der Waals surface area contributed by atoms with E-state index in [0.717, 1.165) is 36.2 Å². The Morgan fingerprint density at radius 2 is 2.10 bits per heavy atom. The average molecular weight is 481 g/mol. The molecule has 1 amide bonds. The van der Waals surface area contributed by atoms with Crippen molar-refractivity contribution in [2.45, 2.75) is 51.1 Å². The van der Waals surface area contributed by atoms with Gasteiger partial charge in [-0.15, -0.1) is 0 Å². The first-order chi connectivity index (χ1) is 14.0. The molecule has 154 valence electrons. The Kier molecular flexibility index (Phi) is 6.52. The molecule has 1 aromatic heterocycles. The van der Waals surface area contributed by atoms with Crippen LogP contribution in [0.2, 0.25) is 5.02 Å². The lowest BCUT2D eigenvalue weighted by atomic mass is 9.97. The lowest BCUT2D eigenvalue weighted by Gasteiger charge is -2.32. The number of nitrogens with zero attached hydrogens (tertiary/aromatic N) is 2. The zero-order chi connectivity index (χ0) is 20.4. The van der Waals surface area contributed by atoms with E-state index in [9.17, 15) is 9.18 Å². The maximum Gasteiger partial charge on any atom is 0.277 e. The molecule has 7 heteroatoms. The number of aromatic nitrogens is 1. The summed E-state index contributed by atoms with van der Waals surface area (Å²) in [5.74, 6) is 0.0294. The third-order valence-electron chi connectivity index (χ3n) is 6.03. The molecule has 4 rings (SSSR count). The van der Waals surface area contributed by atoms with E-state index in [1.807, 2.05) is 23.1 Å². The summed E-state index contributed by atoms with van der Waals surface area (Å²) in [4.78, 5) is 19.4. The van der Waals surface area contributed by atoms with Gasteiger partial charge in [0.15, 0.2) is 5.82 Å². The van der Waals surface area contributed by atoms with Gasteiger partial charge in [-0.25, -0.2) is 9.37 Å². The molecule has 4 nitrogen and oxygen atoms in total. The molecule has 0 bridgehead atoms. The molecule has 1 N–H and O–H groups in total. The lowest BCUT2D eigenvalue weighted by molar-refractivity contribution is 0.0969. The van der Waals surface area contributed by atoms with Crippen molar-refractivity contribution in [3.63, 3.8) is 0 Å². The van der Waals surface area contributed by atoms with Gasteiger partial charge >= 0.3 is 0 Å². The van der Waals surface area contributed by atoms with Gasteiger partial charge in [-0.2, -0.15) is 0 Å². The van der Waals surface area contributed by atoms with Crippen LogP contribution in [0.15, 0.2) is 34.9 Å². The van der Waals surface area contributed by atoms with Crippen molar-refractivity contribution in [2.24, 2.45) is 5.92 Å². The molecule has 1 aromatic carbocycles. The number of benzene rings is 1. The first-order valence-corrected chi connectivity index (χ1v) is 11.3. The van der Waals surface area contributed by atoms with Crippen LogP contribution in [0.5, 0.6) is 0 Å². The van der Waals surface area contributed by atoms with Crippen molar-refractivity contribution < 1.29 is 9.18 Å². The number of anilines is 1. The van der Waals surface area contributed by atoms with Crippen molar-refractivity contribution in [1.29, 1.82) is 0 Å². The van der Waals surface area contributed by atoms with Crippen LogP contribution in [0.25, 0.3) is 0 Å². The number of fused-ring (bicyclic) bond motifs is 1. The maximum absolute atomic E-state index is 13.7. The first kappa shape index (κ1) is 20.8. The number of rotatable bonds is 4. The smallest absolute Gasteiger partial charge is 0.277 e. The highest BCUT2D eigenvalue weighted by molar-refractivity contribution is 9.10. The number of carbonyl (C=O) groups is 1. The zero-order valence-corrected chi connectivity index (χ0v) is 18.5. The highest BCUT2D eigenvalue weighted by Gasteiger charge is 2.32. The number of nitrogens with one attached hydrogen (secondary N) is 1. The SMILES string of the molecule is O=C(c1cc(Br)c(F)cn1)N1c2cccc(Cl)c2CNCC1CCC1CCCC1. The Bertz CT molecular complexity index is 904. The fourth-order valence-electron chi connectivity index (χ4n) is 4.49. The van der Waals surface area contributed by atoms with Crippen LogP contribution in [-0.4, -0.2) is 23.5 Å². The first-order valence-electron chi connectivity index (χ1n) is 10.2. The Balaban J connectivity index is 1.69. The summed E-state index contributed by atoms with van der Waals surface area (Å²) in [6.45, 7) is 1.30. The summed E-state index contributed by atoms with van der Waals surface area (Å²) in [6, 6.07) is 7.10. The minimum Gasteiger partial charge on any atom is -0.310 e. The fraction of sp³-hybridized carbons (Fsp3) is 0.455. The van der Waals surface area contributed by atoms with Crippen LogP contribution < -0.4 is 10.2 Å². The summed E-state index contributed by atoms with van der Waals surface area (Å²) < 4.78 is 13.9. The Labute approximate surface area is 184 Å². The normalized spacial score (nSPS) is 19.8. The van der Waals surface area contributed by atoms with Gasteiger partial charge in [0.2, 0.25) is 0 Å². The van der Waals surface area contributed by atoms with E-state index >= 15 is 0 Å². The van der Waals surface area contributed by atoms with Crippen LogP contribution in [-0.2, 0) is 6.54 Å². The van der Waals surface area contributed by atoms with E-state index in [0.29, 0.717) is 18.1 Å². The van der Waals surface area contributed by atoms with Crippen LogP contribution in [0, 0.1) is 11.7 Å². The van der Waals surface area contributed by atoms with E-state index in [-0.39, 0.29) is 22.1 Å². The summed E-state index contributed by atoms with van der Waals surface area (Å²) in [5.41, 5.74) is 1.94. The topological polar surface area (TPSA) is 45.2 Å². The van der Waals surface area contributed by atoms with Gasteiger partial charge < -0.3 is 10.2 Å². The molecule has 2 aromatic rings. The molecule has 29 heavy (non-hydrogen) atoms. The largest absolute Gasteiger partial charge is 0.310 e. The number of carbonyl (C=O) groups excluding carboxylic acids is 1. The van der Waals surface area contributed by atoms with Gasteiger partial charge in [-0.1, -0.05) is 43.4 Å². The Hall–Kier alpha value is -1.50. The van der Waals surface area contributed by atoms with Gasteiger partial charge in [0.25, 0.3) is 5.91 Å². The van der Waals surface area contributed by atoms with Gasteiger partial charge in [-0.3, -0.25) is 4.79 Å². The van der Waals surface area contributed by atoms with Gasteiger partial charge in [0.1, 0.15) is 5.69 Å². The predicted molar refractivity (Wildman–Crippen MR) is 117 cm³/mol. The van der Waals surface area contributed by atoms with Crippen molar-refractivity contribution in [3.8, 4) is 0 Å². The van der Waals surface area contributed by atoms with Crippen molar-refractivity contribution >= 4 is 39.1 Å². The monoisotopic (exact) mass is 479 g/mol. The number of hydrogen-bond acceptors (Lipinski definition) is 3. The Morgan fingerprint density at radius 3 is 2.86 bits per heavy atom. The summed E-state index contributed by atoms with van der Waals surface area (Å²) in [6.07, 6.45) is 8.28. The molecule has 1 saturated carbocycles. The highest BCUT2D eigenvalue weighted by atomic mass is 79.9. The molecule has 0 spiro atoms. The zero-order valence-electron chi connectivity index (χ0n) is 16.1. The van der Waals surface area contributed by atoms with E-state index in [1.165, 1.54) is 31.7 Å². The molecule has 2 aliphatic rings. The second-order valence-corrected chi connectivity index (χ2v) is 9.17. The lowest BCUT2D eigenvalue weighted by Crippen LogP contribution is -2.45. The molecule has 1 aliphatic heterocycles. The summed E-state index contributed by atoms with van der Waals surface area (Å²) >= 11 is 9.62. The van der Waals surface area contributed by atoms with E-state index < -0.39 is 5.82 Å². The minimum absolute atomic E-state index is 0.00607. The van der Waals surface area contributed by atoms with Crippen molar-refractivity contribution in [2.75, 3.05) is 11.4 Å². The summed E-state index contributed by atoms with van der Waals surface area (Å²) in [7, 11) is 0. The fourth-order valence-corrected chi connectivity index (χ4v) is 5.04. The van der Waals surface area contributed by atoms with E-state index in [2.05, 4.69) is 26.2 Å². The van der Waals surface area contributed by atoms with Gasteiger partial charge in [0, 0.05) is 29.7 Å². The highest BCUT2D eigenvalue weighted by Crippen LogP contribution is 2.35. The molecular weight excluding hydrogens is 457 g/mol. The van der Waals surface area contributed by atoms with Crippen LogP contribution in [0.3, 0.4) is 0 Å². The number of pyridine rings is 1. The molecule has 1 aliphatic carbocycles. The van der Waals surface area contributed by atoms with Crippen LogP contribution in [0.4, 0.5) is 10.1 Å².